The number of hydrogen-bond acceptors (Lipinski definition) is 4. The number of carbonyl (C=O) groups is 2. The van der Waals surface area contributed by atoms with Gasteiger partial charge in [0.15, 0.2) is 0 Å². The molecule has 2 aliphatic heterocycles. The number of nitrogens with zero attached hydrogens (tertiary/aromatic N) is 1. The highest BCUT2D eigenvalue weighted by Gasteiger charge is 2.39. The van der Waals surface area contributed by atoms with Gasteiger partial charge in [-0.1, -0.05) is 25.4 Å². The van der Waals surface area contributed by atoms with E-state index in [-0.39, 0.29) is 5.41 Å². The molecule has 0 saturated carbocycles. The summed E-state index contributed by atoms with van der Waals surface area (Å²) in [5, 5.41) is 18.6. The molecule has 0 spiro atoms. The van der Waals surface area contributed by atoms with Crippen LogP contribution >= 0.6 is 11.6 Å². The number of alkyl halides is 6. The molecule has 1 aromatic rings. The Hall–Kier alpha value is -2.21. The molecule has 0 aliphatic carbocycles. The first-order valence-corrected chi connectivity index (χ1v) is 9.23. The van der Waals surface area contributed by atoms with Crippen molar-refractivity contribution < 1.29 is 46.1 Å². The lowest BCUT2D eigenvalue weighted by molar-refractivity contribution is -0.193. The molecule has 0 saturated heterocycles. The minimum atomic E-state index is -5.08. The van der Waals surface area contributed by atoms with Crippen molar-refractivity contribution in [1.82, 2.24) is 5.32 Å². The fraction of sp³-hybridized carbons (Fsp3) is 0.556. The molecule has 0 unspecified atom stereocenters. The highest BCUT2D eigenvalue weighted by molar-refractivity contribution is 6.30. The highest BCUT2D eigenvalue weighted by atomic mass is 35.5. The molecule has 0 radical (unpaired) electrons. The van der Waals surface area contributed by atoms with Gasteiger partial charge in [-0.25, -0.2) is 9.59 Å². The van der Waals surface area contributed by atoms with Gasteiger partial charge in [0.05, 0.1) is 0 Å². The van der Waals surface area contributed by atoms with E-state index >= 15 is 0 Å². The lowest BCUT2D eigenvalue weighted by Crippen LogP contribution is -2.39. The third-order valence-corrected chi connectivity index (χ3v) is 4.78. The molecule has 6 nitrogen and oxygen atoms in total. The SMILES string of the molecule is CC1(C)CCN2CCNCc3cc(Cl)cc1c32.O=C(O)C(F)(F)F.O=C(O)C(F)(F)F. The van der Waals surface area contributed by atoms with Crippen LogP contribution in [0.15, 0.2) is 12.1 Å². The summed E-state index contributed by atoms with van der Waals surface area (Å²) in [6, 6.07) is 4.28. The second-order valence-electron chi connectivity index (χ2n) is 7.36. The molecule has 0 bridgehead atoms. The largest absolute Gasteiger partial charge is 0.490 e. The zero-order chi connectivity index (χ0) is 24.2. The number of anilines is 1. The first-order valence-electron chi connectivity index (χ1n) is 8.85. The van der Waals surface area contributed by atoms with Crippen LogP contribution in [-0.2, 0) is 21.5 Å². The van der Waals surface area contributed by atoms with Gasteiger partial charge in [0.2, 0.25) is 0 Å². The molecule has 2 heterocycles. The van der Waals surface area contributed by atoms with E-state index in [1.807, 2.05) is 0 Å². The van der Waals surface area contributed by atoms with E-state index in [4.69, 9.17) is 31.4 Å². The average molecular weight is 479 g/mol. The number of benzene rings is 1. The highest BCUT2D eigenvalue weighted by Crippen LogP contribution is 2.43. The molecule has 0 atom stereocenters. The van der Waals surface area contributed by atoms with Crippen LogP contribution in [0.25, 0.3) is 0 Å². The van der Waals surface area contributed by atoms with Crippen molar-refractivity contribution in [3.05, 3.63) is 28.3 Å². The quantitative estimate of drug-likeness (QED) is 0.484. The van der Waals surface area contributed by atoms with E-state index in [0.717, 1.165) is 31.2 Å². The van der Waals surface area contributed by atoms with Gasteiger partial charge in [-0.3, -0.25) is 0 Å². The Morgan fingerprint density at radius 3 is 1.97 bits per heavy atom. The standard InChI is InChI=1S/C14H19ClN2.2C2HF3O2/c1-14(2)3-5-17-6-4-16-9-10-7-11(15)8-12(14)13(10)17;2*3-2(4,5)1(6)7/h7-8,16H,3-6,9H2,1-2H3;2*(H,6,7). The number of nitrogens with one attached hydrogen (secondary N) is 1. The lowest BCUT2D eigenvalue weighted by atomic mass is 9.76. The van der Waals surface area contributed by atoms with Crippen molar-refractivity contribution in [3.8, 4) is 0 Å². The van der Waals surface area contributed by atoms with Gasteiger partial charge in [0.25, 0.3) is 0 Å². The third-order valence-electron chi connectivity index (χ3n) is 4.56. The van der Waals surface area contributed by atoms with E-state index in [2.05, 4.69) is 36.2 Å². The van der Waals surface area contributed by atoms with Crippen LogP contribution in [0.1, 0.15) is 31.4 Å². The molecule has 0 aromatic heterocycles. The van der Waals surface area contributed by atoms with Crippen LogP contribution in [0.4, 0.5) is 32.0 Å². The predicted octanol–water partition coefficient (Wildman–Crippen LogP) is 4.20. The first kappa shape index (κ1) is 26.8. The Morgan fingerprint density at radius 1 is 1.03 bits per heavy atom. The van der Waals surface area contributed by atoms with Crippen molar-refractivity contribution in [1.29, 1.82) is 0 Å². The zero-order valence-electron chi connectivity index (χ0n) is 16.5. The maximum atomic E-state index is 10.6. The van der Waals surface area contributed by atoms with Crippen molar-refractivity contribution in [2.75, 3.05) is 24.5 Å². The number of hydrogen-bond donors (Lipinski definition) is 3. The maximum Gasteiger partial charge on any atom is 0.490 e. The van der Waals surface area contributed by atoms with E-state index in [9.17, 15) is 26.3 Å². The maximum absolute atomic E-state index is 10.6. The van der Waals surface area contributed by atoms with Crippen LogP contribution < -0.4 is 10.2 Å². The molecule has 2 aliphatic rings. The number of carboxylic acid groups (broad SMARTS) is 2. The van der Waals surface area contributed by atoms with Gasteiger partial charge in [-0.15, -0.1) is 0 Å². The summed E-state index contributed by atoms with van der Waals surface area (Å²) < 4.78 is 63.5. The third kappa shape index (κ3) is 7.76. The Kier molecular flexibility index (Phi) is 8.60. The van der Waals surface area contributed by atoms with Gasteiger partial charge >= 0.3 is 24.3 Å². The van der Waals surface area contributed by atoms with Gasteiger partial charge in [-0.05, 0) is 35.1 Å². The second kappa shape index (κ2) is 9.94. The van der Waals surface area contributed by atoms with E-state index in [1.54, 1.807) is 0 Å². The summed E-state index contributed by atoms with van der Waals surface area (Å²) in [6.07, 6.45) is -8.96. The molecular weight excluding hydrogens is 458 g/mol. The van der Waals surface area contributed by atoms with Crippen LogP contribution in [0, 0.1) is 0 Å². The van der Waals surface area contributed by atoms with Crippen LogP contribution in [0.2, 0.25) is 5.02 Å². The predicted molar refractivity (Wildman–Crippen MR) is 100 cm³/mol. The number of rotatable bonds is 0. The molecule has 176 valence electrons. The van der Waals surface area contributed by atoms with E-state index in [1.165, 1.54) is 23.2 Å². The smallest absolute Gasteiger partial charge is 0.475 e. The summed E-state index contributed by atoms with van der Waals surface area (Å²) in [5.41, 5.74) is 4.47. The van der Waals surface area contributed by atoms with Crippen molar-refractivity contribution in [2.24, 2.45) is 0 Å². The Morgan fingerprint density at radius 2 is 1.52 bits per heavy atom. The van der Waals surface area contributed by atoms with E-state index in [0.29, 0.717) is 0 Å². The molecule has 3 N–H and O–H groups in total. The van der Waals surface area contributed by atoms with Gasteiger partial charge in [0.1, 0.15) is 0 Å². The second-order valence-corrected chi connectivity index (χ2v) is 7.80. The molecule has 31 heavy (non-hydrogen) atoms. The number of carboxylic acids is 2. The summed E-state index contributed by atoms with van der Waals surface area (Å²) in [5.74, 6) is -5.51. The van der Waals surface area contributed by atoms with Gasteiger partial charge in [0, 0.05) is 36.9 Å². The molecule has 3 rings (SSSR count). The van der Waals surface area contributed by atoms with Crippen molar-refractivity contribution >= 4 is 29.2 Å². The molecular formula is C18H21ClF6N2O4. The Balaban J connectivity index is 0.000000288. The van der Waals surface area contributed by atoms with Crippen LogP contribution in [0.3, 0.4) is 0 Å². The van der Waals surface area contributed by atoms with Crippen molar-refractivity contribution in [2.45, 2.75) is 44.6 Å². The lowest BCUT2D eigenvalue weighted by Gasteiger charge is -2.40. The summed E-state index contributed by atoms with van der Waals surface area (Å²) in [7, 11) is 0. The minimum Gasteiger partial charge on any atom is -0.475 e. The van der Waals surface area contributed by atoms with Crippen molar-refractivity contribution in [3.63, 3.8) is 0 Å². The molecule has 0 fully saturated rings. The fourth-order valence-corrected chi connectivity index (χ4v) is 3.24. The Bertz CT molecular complexity index is 787. The van der Waals surface area contributed by atoms with Gasteiger partial charge in [-0.2, -0.15) is 26.3 Å². The number of aliphatic carboxylic acids is 2. The normalized spacial score (nSPS) is 17.1. The minimum absolute atomic E-state index is 0.246. The Labute approximate surface area is 178 Å². The monoisotopic (exact) mass is 478 g/mol. The van der Waals surface area contributed by atoms with Crippen LogP contribution in [-0.4, -0.2) is 54.1 Å². The fourth-order valence-electron chi connectivity index (χ4n) is 3.00. The summed E-state index contributed by atoms with van der Waals surface area (Å²) in [6.45, 7) is 8.93. The molecule has 0 amide bonds. The zero-order valence-corrected chi connectivity index (χ0v) is 17.3. The number of halogens is 7. The summed E-state index contributed by atoms with van der Waals surface area (Å²) in [4.78, 5) is 20.3. The molecule has 1 aromatic carbocycles. The van der Waals surface area contributed by atoms with Gasteiger partial charge < -0.3 is 20.4 Å². The average Bonchev–Trinajstić information content (AvgIpc) is 2.80. The first-order chi connectivity index (χ1) is 14.0. The molecule has 13 heteroatoms. The van der Waals surface area contributed by atoms with Crippen LogP contribution in [0.5, 0.6) is 0 Å². The van der Waals surface area contributed by atoms with E-state index < -0.39 is 24.3 Å². The summed E-state index contributed by atoms with van der Waals surface area (Å²) >= 11 is 6.27. The topological polar surface area (TPSA) is 89.9 Å².